The molecule has 1 fully saturated rings. The van der Waals surface area contributed by atoms with E-state index in [1.165, 1.54) is 11.1 Å². The lowest BCUT2D eigenvalue weighted by molar-refractivity contribution is 0.114. The second kappa shape index (κ2) is 6.33. The maximum Gasteiger partial charge on any atom is 0.187 e. The minimum Gasteiger partial charge on any atom is -0.376 e. The fourth-order valence-electron chi connectivity index (χ4n) is 2.69. The second-order valence-electron chi connectivity index (χ2n) is 5.17. The smallest absolute Gasteiger partial charge is 0.187 e. The van der Waals surface area contributed by atoms with E-state index in [0.717, 1.165) is 44.5 Å². The van der Waals surface area contributed by atoms with Gasteiger partial charge in [-0.1, -0.05) is 24.3 Å². The van der Waals surface area contributed by atoms with Crippen molar-refractivity contribution in [1.82, 2.24) is 10.7 Å². The van der Waals surface area contributed by atoms with Gasteiger partial charge in [0.15, 0.2) is 5.11 Å². The highest BCUT2D eigenvalue weighted by molar-refractivity contribution is 7.80. The standard InChI is InChI=1S/C15H19N3OS/c20-15(16-10-12-5-3-9-19-12)18-17-14-8-7-11-4-1-2-6-13(11)14/h1-2,4,6,12H,3,5,7-10H2,(H2,16,18,20)/b17-14+. The molecular formula is C15H19N3OS. The summed E-state index contributed by atoms with van der Waals surface area (Å²) in [7, 11) is 0. The van der Waals surface area contributed by atoms with E-state index in [9.17, 15) is 0 Å². The molecule has 2 N–H and O–H groups in total. The molecule has 1 atom stereocenters. The Bertz CT molecular complexity index is 524. The summed E-state index contributed by atoms with van der Waals surface area (Å²) in [5.41, 5.74) is 6.63. The van der Waals surface area contributed by atoms with Gasteiger partial charge in [-0.3, -0.25) is 5.43 Å². The van der Waals surface area contributed by atoms with Crippen molar-refractivity contribution in [2.24, 2.45) is 5.10 Å². The maximum absolute atomic E-state index is 5.54. The highest BCUT2D eigenvalue weighted by Crippen LogP contribution is 2.21. The molecule has 0 spiro atoms. The van der Waals surface area contributed by atoms with E-state index in [1.54, 1.807) is 0 Å². The third-order valence-corrected chi connectivity index (χ3v) is 4.00. The minimum absolute atomic E-state index is 0.287. The monoisotopic (exact) mass is 289 g/mol. The zero-order chi connectivity index (χ0) is 13.8. The first-order chi connectivity index (χ1) is 9.83. The van der Waals surface area contributed by atoms with Gasteiger partial charge in [0.05, 0.1) is 11.8 Å². The molecule has 106 valence electrons. The zero-order valence-corrected chi connectivity index (χ0v) is 12.2. The van der Waals surface area contributed by atoms with Gasteiger partial charge in [0, 0.05) is 18.7 Å². The lowest BCUT2D eigenvalue weighted by atomic mass is 10.1. The topological polar surface area (TPSA) is 45.6 Å². The van der Waals surface area contributed by atoms with Gasteiger partial charge in [-0.25, -0.2) is 0 Å². The Balaban J connectivity index is 1.51. The van der Waals surface area contributed by atoms with Gasteiger partial charge in [-0.15, -0.1) is 0 Å². The highest BCUT2D eigenvalue weighted by atomic mass is 32.1. The largest absolute Gasteiger partial charge is 0.376 e. The summed E-state index contributed by atoms with van der Waals surface area (Å²) in [6, 6.07) is 8.40. The first-order valence-electron chi connectivity index (χ1n) is 7.13. The third-order valence-electron chi connectivity index (χ3n) is 3.77. The number of nitrogens with one attached hydrogen (secondary N) is 2. The van der Waals surface area contributed by atoms with Gasteiger partial charge < -0.3 is 10.1 Å². The fraction of sp³-hybridized carbons (Fsp3) is 0.467. The summed E-state index contributed by atoms with van der Waals surface area (Å²) in [6.45, 7) is 1.62. The lowest BCUT2D eigenvalue weighted by Gasteiger charge is -2.12. The molecule has 0 amide bonds. The average molecular weight is 289 g/mol. The molecule has 1 unspecified atom stereocenters. The first kappa shape index (κ1) is 13.5. The number of benzene rings is 1. The van der Waals surface area contributed by atoms with Gasteiger partial charge in [-0.05, 0) is 43.5 Å². The molecule has 0 aromatic heterocycles. The predicted octanol–water partition coefficient (Wildman–Crippen LogP) is 1.98. The Kier molecular flexibility index (Phi) is 4.28. The molecular weight excluding hydrogens is 270 g/mol. The number of rotatable bonds is 3. The summed E-state index contributed by atoms with van der Waals surface area (Å²) in [6.07, 6.45) is 4.57. The molecule has 1 aliphatic carbocycles. The Morgan fingerprint density at radius 1 is 1.35 bits per heavy atom. The molecule has 1 aromatic carbocycles. The van der Waals surface area contributed by atoms with Crippen molar-refractivity contribution in [2.45, 2.75) is 31.8 Å². The molecule has 0 radical (unpaired) electrons. The molecule has 5 heteroatoms. The van der Waals surface area contributed by atoms with Crippen LogP contribution in [0.3, 0.4) is 0 Å². The Labute approximate surface area is 124 Å². The molecule has 4 nitrogen and oxygen atoms in total. The maximum atomic E-state index is 5.54. The Morgan fingerprint density at radius 2 is 2.25 bits per heavy atom. The number of fused-ring (bicyclic) bond motifs is 1. The van der Waals surface area contributed by atoms with Gasteiger partial charge in [-0.2, -0.15) is 5.10 Å². The predicted molar refractivity (Wildman–Crippen MR) is 84.0 cm³/mol. The second-order valence-corrected chi connectivity index (χ2v) is 5.58. The molecule has 1 saturated heterocycles. The summed E-state index contributed by atoms with van der Waals surface area (Å²) in [5.74, 6) is 0. The SMILES string of the molecule is S=C(NCC1CCCO1)N/N=C1\CCc2ccccc21. The van der Waals surface area contributed by atoms with Crippen molar-refractivity contribution >= 4 is 23.0 Å². The molecule has 1 aromatic rings. The number of hydrogen-bond donors (Lipinski definition) is 2. The number of nitrogens with zero attached hydrogens (tertiary/aromatic N) is 1. The number of thiocarbonyl (C=S) groups is 1. The van der Waals surface area contributed by atoms with Crippen LogP contribution in [0.15, 0.2) is 29.4 Å². The van der Waals surface area contributed by atoms with Gasteiger partial charge in [0.2, 0.25) is 0 Å². The van der Waals surface area contributed by atoms with Gasteiger partial charge in [0.25, 0.3) is 0 Å². The van der Waals surface area contributed by atoms with E-state index in [4.69, 9.17) is 17.0 Å². The molecule has 2 aliphatic rings. The van der Waals surface area contributed by atoms with E-state index in [0.29, 0.717) is 5.11 Å². The van der Waals surface area contributed by atoms with Crippen LogP contribution in [0.2, 0.25) is 0 Å². The quantitative estimate of drug-likeness (QED) is 0.660. The molecule has 20 heavy (non-hydrogen) atoms. The van der Waals surface area contributed by atoms with Crippen LogP contribution in [-0.2, 0) is 11.2 Å². The normalized spacial score (nSPS) is 22.8. The highest BCUT2D eigenvalue weighted by Gasteiger charge is 2.17. The molecule has 0 bridgehead atoms. The zero-order valence-electron chi connectivity index (χ0n) is 11.4. The number of hydrogen-bond acceptors (Lipinski definition) is 3. The fourth-order valence-corrected chi connectivity index (χ4v) is 2.82. The number of hydrazone groups is 1. The van der Waals surface area contributed by atoms with Crippen molar-refractivity contribution < 1.29 is 4.74 Å². The van der Waals surface area contributed by atoms with Crippen molar-refractivity contribution in [2.75, 3.05) is 13.2 Å². The van der Waals surface area contributed by atoms with E-state index >= 15 is 0 Å². The van der Waals surface area contributed by atoms with Crippen LogP contribution in [0.4, 0.5) is 0 Å². The summed E-state index contributed by atoms with van der Waals surface area (Å²) in [4.78, 5) is 0. The third kappa shape index (κ3) is 3.16. The van der Waals surface area contributed by atoms with Crippen LogP contribution in [0.1, 0.15) is 30.4 Å². The van der Waals surface area contributed by atoms with E-state index in [2.05, 4.69) is 34.0 Å². The molecule has 0 saturated carbocycles. The van der Waals surface area contributed by atoms with Crippen molar-refractivity contribution in [3.63, 3.8) is 0 Å². The molecule has 1 aliphatic heterocycles. The van der Waals surface area contributed by atoms with Crippen molar-refractivity contribution in [3.8, 4) is 0 Å². The Hall–Kier alpha value is -1.46. The number of aryl methyl sites for hydroxylation is 1. The molecule has 1 heterocycles. The van der Waals surface area contributed by atoms with Crippen LogP contribution in [0.25, 0.3) is 0 Å². The van der Waals surface area contributed by atoms with E-state index in [1.807, 2.05) is 6.07 Å². The summed E-state index contributed by atoms with van der Waals surface area (Å²) < 4.78 is 5.54. The first-order valence-corrected chi connectivity index (χ1v) is 7.54. The van der Waals surface area contributed by atoms with Gasteiger partial charge >= 0.3 is 0 Å². The van der Waals surface area contributed by atoms with Crippen LogP contribution >= 0.6 is 12.2 Å². The van der Waals surface area contributed by atoms with Crippen LogP contribution in [0, 0.1) is 0 Å². The van der Waals surface area contributed by atoms with Crippen LogP contribution in [-0.4, -0.2) is 30.1 Å². The molecule has 3 rings (SSSR count). The van der Waals surface area contributed by atoms with Crippen LogP contribution in [0.5, 0.6) is 0 Å². The minimum atomic E-state index is 0.287. The van der Waals surface area contributed by atoms with Crippen LogP contribution < -0.4 is 10.7 Å². The Morgan fingerprint density at radius 3 is 3.10 bits per heavy atom. The number of ether oxygens (including phenoxy) is 1. The van der Waals surface area contributed by atoms with Crippen molar-refractivity contribution in [1.29, 1.82) is 0 Å². The average Bonchev–Trinajstić information content (AvgIpc) is 3.12. The van der Waals surface area contributed by atoms with E-state index in [-0.39, 0.29) is 6.10 Å². The van der Waals surface area contributed by atoms with Gasteiger partial charge in [0.1, 0.15) is 0 Å². The lowest BCUT2D eigenvalue weighted by Crippen LogP contribution is -2.37. The summed E-state index contributed by atoms with van der Waals surface area (Å²) >= 11 is 5.24. The summed E-state index contributed by atoms with van der Waals surface area (Å²) in [5, 5.41) is 8.16. The van der Waals surface area contributed by atoms with Crippen molar-refractivity contribution in [3.05, 3.63) is 35.4 Å². The van der Waals surface area contributed by atoms with E-state index < -0.39 is 0 Å².